The molecular weight excluding hydrogens is 328 g/mol. The molecule has 0 fully saturated rings. The van der Waals surface area contributed by atoms with Gasteiger partial charge in [0.1, 0.15) is 6.07 Å². The number of amides is 1. The summed E-state index contributed by atoms with van der Waals surface area (Å²) in [6.45, 7) is 0.572. The maximum absolute atomic E-state index is 11.4. The minimum atomic E-state index is -0.420. The summed E-state index contributed by atoms with van der Waals surface area (Å²) in [5.74, 6) is -0.420. The average Bonchev–Trinajstić information content (AvgIpc) is 2.49. The van der Waals surface area contributed by atoms with Crippen LogP contribution >= 0.6 is 24.0 Å². The highest BCUT2D eigenvalue weighted by Gasteiger charge is 2.16. The summed E-state index contributed by atoms with van der Waals surface area (Å²) in [6.07, 6.45) is 2.02. The van der Waals surface area contributed by atoms with E-state index >= 15 is 0 Å². The van der Waals surface area contributed by atoms with Gasteiger partial charge in [0.2, 0.25) is 5.91 Å². The Hall–Kier alpha value is -1.88. The lowest BCUT2D eigenvalue weighted by Crippen LogP contribution is -2.19. The van der Waals surface area contributed by atoms with E-state index in [1.807, 2.05) is 37.4 Å². The summed E-state index contributed by atoms with van der Waals surface area (Å²) < 4.78 is 0.608. The third-order valence-electron chi connectivity index (χ3n) is 3.48. The fraction of sp³-hybridized carbons (Fsp3) is 0.312. The highest BCUT2D eigenvalue weighted by atomic mass is 32.2. The molecule has 0 aliphatic rings. The van der Waals surface area contributed by atoms with Crippen LogP contribution in [-0.2, 0) is 17.8 Å². The van der Waals surface area contributed by atoms with Crippen LogP contribution in [0.2, 0.25) is 0 Å². The molecule has 1 aromatic carbocycles. The van der Waals surface area contributed by atoms with Crippen molar-refractivity contribution in [1.82, 2.24) is 9.88 Å². The number of pyridine rings is 1. The summed E-state index contributed by atoms with van der Waals surface area (Å²) in [5, 5.41) is 10.3. The molecule has 0 spiro atoms. The number of benzene rings is 1. The van der Waals surface area contributed by atoms with Crippen molar-refractivity contribution in [1.29, 1.82) is 5.26 Å². The van der Waals surface area contributed by atoms with E-state index in [1.54, 1.807) is 0 Å². The Morgan fingerprint density at radius 1 is 1.48 bits per heavy atom. The first-order valence-electron chi connectivity index (χ1n) is 6.96. The van der Waals surface area contributed by atoms with E-state index in [9.17, 15) is 10.1 Å². The van der Waals surface area contributed by atoms with Gasteiger partial charge in [-0.2, -0.15) is 5.26 Å². The molecule has 0 aliphatic carbocycles. The van der Waals surface area contributed by atoms with E-state index in [0.717, 1.165) is 21.4 Å². The van der Waals surface area contributed by atoms with Crippen LogP contribution in [0.3, 0.4) is 0 Å². The zero-order chi connectivity index (χ0) is 17.1. The van der Waals surface area contributed by atoms with Gasteiger partial charge in [0.25, 0.3) is 0 Å². The van der Waals surface area contributed by atoms with Crippen LogP contribution in [0.1, 0.15) is 16.8 Å². The number of rotatable bonds is 5. The minimum Gasteiger partial charge on any atom is -0.369 e. The van der Waals surface area contributed by atoms with Gasteiger partial charge in [-0.25, -0.2) is 0 Å². The highest BCUT2D eigenvalue weighted by molar-refractivity contribution is 7.98. The molecule has 0 atom stereocenters. The number of aromatic amines is 1. The second kappa shape index (κ2) is 7.13. The van der Waals surface area contributed by atoms with Crippen LogP contribution in [0.5, 0.6) is 0 Å². The van der Waals surface area contributed by atoms with Crippen LogP contribution < -0.4 is 5.73 Å². The fourth-order valence-electron chi connectivity index (χ4n) is 2.54. The predicted octanol–water partition coefficient (Wildman–Crippen LogP) is 2.58. The number of nitrogens with two attached hydrogens (primary N) is 1. The number of nitrogens with one attached hydrogen (secondary N) is 1. The van der Waals surface area contributed by atoms with Gasteiger partial charge in [-0.15, -0.1) is 11.8 Å². The Bertz CT molecular complexity index is 865. The molecule has 0 saturated carbocycles. The Labute approximate surface area is 144 Å². The van der Waals surface area contributed by atoms with E-state index in [2.05, 4.69) is 11.1 Å². The number of thioether (sulfide) groups is 1. The number of carbonyl (C=O) groups excluding carboxylic acids is 1. The molecule has 3 N–H and O–H groups in total. The van der Waals surface area contributed by atoms with E-state index in [0.29, 0.717) is 22.3 Å². The predicted molar refractivity (Wildman–Crippen MR) is 95.9 cm³/mol. The quantitative estimate of drug-likeness (QED) is 0.642. The number of fused-ring (bicyclic) bond motifs is 1. The third-order valence-corrected chi connectivity index (χ3v) is 4.71. The lowest BCUT2D eigenvalue weighted by atomic mass is 10.0. The zero-order valence-electron chi connectivity index (χ0n) is 13.3. The van der Waals surface area contributed by atoms with Crippen molar-refractivity contribution in [2.45, 2.75) is 17.9 Å². The van der Waals surface area contributed by atoms with Crippen molar-refractivity contribution in [2.24, 2.45) is 5.73 Å². The maximum atomic E-state index is 11.4. The SMILES string of the molecule is CSc1ccc2[nH]c(CC(N)=O)c(CN(C)C)c(=S)c2c1C#N. The van der Waals surface area contributed by atoms with E-state index in [4.69, 9.17) is 18.0 Å². The first-order valence-corrected chi connectivity index (χ1v) is 8.60. The molecule has 5 nitrogen and oxygen atoms in total. The molecular formula is C16H18N4OS2. The summed E-state index contributed by atoms with van der Waals surface area (Å²) >= 11 is 7.17. The zero-order valence-corrected chi connectivity index (χ0v) is 14.9. The number of H-pyrrole nitrogens is 1. The Morgan fingerprint density at radius 3 is 2.70 bits per heavy atom. The number of aromatic nitrogens is 1. The summed E-state index contributed by atoms with van der Waals surface area (Å²) in [5.41, 5.74) is 8.23. The molecule has 1 heterocycles. The van der Waals surface area contributed by atoms with Crippen LogP contribution in [0.15, 0.2) is 17.0 Å². The van der Waals surface area contributed by atoms with Crippen LogP contribution in [0, 0.1) is 15.8 Å². The highest BCUT2D eigenvalue weighted by Crippen LogP contribution is 2.30. The Morgan fingerprint density at radius 2 is 2.17 bits per heavy atom. The first-order chi connectivity index (χ1) is 10.9. The van der Waals surface area contributed by atoms with Crippen LogP contribution in [0.25, 0.3) is 10.9 Å². The second-order valence-electron chi connectivity index (χ2n) is 5.47. The maximum Gasteiger partial charge on any atom is 0.223 e. The number of carbonyl (C=O) groups is 1. The van der Waals surface area contributed by atoms with Crippen molar-refractivity contribution in [3.63, 3.8) is 0 Å². The van der Waals surface area contributed by atoms with Crippen LogP contribution in [0.4, 0.5) is 0 Å². The molecule has 23 heavy (non-hydrogen) atoms. The normalized spacial score (nSPS) is 10.9. The lowest BCUT2D eigenvalue weighted by molar-refractivity contribution is -0.117. The van der Waals surface area contributed by atoms with Gasteiger partial charge in [-0.05, 0) is 32.5 Å². The van der Waals surface area contributed by atoms with Crippen molar-refractivity contribution < 1.29 is 4.79 Å². The van der Waals surface area contributed by atoms with Crippen molar-refractivity contribution in [3.8, 4) is 6.07 Å². The summed E-state index contributed by atoms with van der Waals surface area (Å²) in [4.78, 5) is 17.5. The largest absolute Gasteiger partial charge is 0.369 e. The van der Waals surface area contributed by atoms with E-state index in [-0.39, 0.29) is 6.42 Å². The van der Waals surface area contributed by atoms with Gasteiger partial charge in [-0.1, -0.05) is 12.2 Å². The Balaban J connectivity index is 2.87. The standard InChI is InChI=1S/C16H18N4OS2/c1-20(2)8-10-12(6-14(18)21)19-11-4-5-13(23-3)9(7-17)15(11)16(10)22/h4-5H,6,8H2,1-3H3,(H2,18,21)(H,19,22). The molecule has 2 rings (SSSR count). The Kier molecular flexibility index (Phi) is 5.42. The van der Waals surface area contributed by atoms with Gasteiger partial charge >= 0.3 is 0 Å². The lowest BCUT2D eigenvalue weighted by Gasteiger charge is -2.17. The van der Waals surface area contributed by atoms with Gasteiger partial charge in [0.15, 0.2) is 0 Å². The van der Waals surface area contributed by atoms with Gasteiger partial charge in [0.05, 0.1) is 16.5 Å². The molecule has 0 aliphatic heterocycles. The number of hydrogen-bond donors (Lipinski definition) is 2. The molecule has 0 unspecified atom stereocenters. The van der Waals surface area contributed by atoms with Crippen molar-refractivity contribution >= 4 is 40.8 Å². The molecule has 7 heteroatoms. The molecule has 0 bridgehead atoms. The topological polar surface area (TPSA) is 85.9 Å². The first kappa shape index (κ1) is 17.5. The van der Waals surface area contributed by atoms with Crippen LogP contribution in [-0.4, -0.2) is 36.1 Å². The smallest absolute Gasteiger partial charge is 0.223 e. The van der Waals surface area contributed by atoms with E-state index < -0.39 is 5.91 Å². The molecule has 1 aromatic heterocycles. The van der Waals surface area contributed by atoms with Gasteiger partial charge in [-0.3, -0.25) is 4.79 Å². The molecule has 120 valence electrons. The molecule has 2 aromatic rings. The average molecular weight is 346 g/mol. The van der Waals surface area contributed by atoms with Gasteiger partial charge in [0, 0.05) is 33.6 Å². The fourth-order valence-corrected chi connectivity index (χ4v) is 3.49. The summed E-state index contributed by atoms with van der Waals surface area (Å²) in [6, 6.07) is 6.03. The van der Waals surface area contributed by atoms with Crippen molar-refractivity contribution in [2.75, 3.05) is 20.4 Å². The minimum absolute atomic E-state index is 0.0922. The molecule has 1 amide bonds. The number of nitrogens with zero attached hydrogens (tertiary/aromatic N) is 2. The molecule has 0 saturated heterocycles. The van der Waals surface area contributed by atoms with Gasteiger partial charge < -0.3 is 15.6 Å². The summed E-state index contributed by atoms with van der Waals surface area (Å²) in [7, 11) is 3.85. The number of nitriles is 1. The monoisotopic (exact) mass is 346 g/mol. The van der Waals surface area contributed by atoms with E-state index in [1.165, 1.54) is 11.8 Å². The van der Waals surface area contributed by atoms with Crippen molar-refractivity contribution in [3.05, 3.63) is 33.5 Å². The molecule has 0 radical (unpaired) electrons. The second-order valence-corrected chi connectivity index (χ2v) is 6.73. The number of hydrogen-bond acceptors (Lipinski definition) is 5. The third kappa shape index (κ3) is 3.55. The number of primary amides is 1.